The molecule has 3 nitrogen and oxygen atoms in total. The third-order valence-corrected chi connectivity index (χ3v) is 3.61. The Hall–Kier alpha value is -2.36. The van der Waals surface area contributed by atoms with Crippen LogP contribution >= 0.6 is 0 Å². The van der Waals surface area contributed by atoms with Gasteiger partial charge in [-0.05, 0) is 42.3 Å². The van der Waals surface area contributed by atoms with Gasteiger partial charge in [-0.1, -0.05) is 12.1 Å². The van der Waals surface area contributed by atoms with E-state index >= 15 is 0 Å². The molecule has 4 heteroatoms. The van der Waals surface area contributed by atoms with Crippen molar-refractivity contribution < 1.29 is 13.9 Å². The number of hydrogen-bond donors (Lipinski definition) is 1. The minimum absolute atomic E-state index is 0.285. The molecule has 3 rings (SSSR count). The zero-order valence-corrected chi connectivity index (χ0v) is 11.0. The number of carbonyl (C=O) groups excluding carboxylic acids is 1. The zero-order valence-electron chi connectivity index (χ0n) is 11.0. The first kappa shape index (κ1) is 12.7. The minimum atomic E-state index is -0.376. The Morgan fingerprint density at radius 1 is 1.25 bits per heavy atom. The van der Waals surface area contributed by atoms with E-state index in [0.29, 0.717) is 17.7 Å². The van der Waals surface area contributed by atoms with Gasteiger partial charge in [0.2, 0.25) is 0 Å². The first-order valence-corrected chi connectivity index (χ1v) is 6.40. The Morgan fingerprint density at radius 2 is 2.05 bits per heavy atom. The van der Waals surface area contributed by atoms with Crippen LogP contribution in [0.2, 0.25) is 0 Å². The molecule has 1 atom stereocenters. The van der Waals surface area contributed by atoms with E-state index in [9.17, 15) is 9.18 Å². The molecular formula is C16H14FNO2. The van der Waals surface area contributed by atoms with Crippen LogP contribution < -0.4 is 5.73 Å². The predicted octanol–water partition coefficient (Wildman–Crippen LogP) is 3.17. The van der Waals surface area contributed by atoms with E-state index < -0.39 is 0 Å². The van der Waals surface area contributed by atoms with E-state index in [4.69, 9.17) is 10.5 Å². The highest BCUT2D eigenvalue weighted by Crippen LogP contribution is 2.34. The van der Waals surface area contributed by atoms with Crippen molar-refractivity contribution in [2.24, 2.45) is 0 Å². The highest BCUT2D eigenvalue weighted by atomic mass is 19.1. The van der Waals surface area contributed by atoms with Gasteiger partial charge in [0, 0.05) is 17.7 Å². The van der Waals surface area contributed by atoms with E-state index in [-0.39, 0.29) is 17.9 Å². The maximum Gasteiger partial charge on any atom is 0.339 e. The predicted molar refractivity (Wildman–Crippen MR) is 73.9 cm³/mol. The summed E-state index contributed by atoms with van der Waals surface area (Å²) in [6, 6.07) is 9.80. The number of fused-ring (bicyclic) bond motifs is 1. The monoisotopic (exact) mass is 271 g/mol. The van der Waals surface area contributed by atoms with Crippen molar-refractivity contribution in [2.45, 2.75) is 19.4 Å². The van der Waals surface area contributed by atoms with E-state index in [0.717, 1.165) is 16.7 Å². The van der Waals surface area contributed by atoms with Crippen LogP contribution in [-0.2, 0) is 11.2 Å². The SMILES string of the molecule is Cc1ccc(F)cc1CC1OC(=O)c2cc(N)ccc21. The Labute approximate surface area is 116 Å². The minimum Gasteiger partial charge on any atom is -0.454 e. The van der Waals surface area contributed by atoms with Gasteiger partial charge in [-0.15, -0.1) is 0 Å². The van der Waals surface area contributed by atoms with Crippen molar-refractivity contribution in [3.63, 3.8) is 0 Å². The van der Waals surface area contributed by atoms with Crippen LogP contribution in [0.3, 0.4) is 0 Å². The van der Waals surface area contributed by atoms with Crippen LogP contribution in [0, 0.1) is 12.7 Å². The van der Waals surface area contributed by atoms with Crippen LogP contribution in [0.15, 0.2) is 36.4 Å². The number of ether oxygens (including phenoxy) is 1. The van der Waals surface area contributed by atoms with Gasteiger partial charge in [-0.3, -0.25) is 0 Å². The lowest BCUT2D eigenvalue weighted by Crippen LogP contribution is -2.04. The maximum atomic E-state index is 13.3. The van der Waals surface area contributed by atoms with Gasteiger partial charge in [0.15, 0.2) is 0 Å². The molecule has 0 aliphatic carbocycles. The summed E-state index contributed by atoms with van der Waals surface area (Å²) in [5, 5.41) is 0. The van der Waals surface area contributed by atoms with Gasteiger partial charge >= 0.3 is 5.97 Å². The van der Waals surface area contributed by atoms with Gasteiger partial charge < -0.3 is 10.5 Å². The highest BCUT2D eigenvalue weighted by Gasteiger charge is 2.31. The summed E-state index contributed by atoms with van der Waals surface area (Å²) in [5.74, 6) is -0.654. The number of aryl methyl sites for hydroxylation is 1. The topological polar surface area (TPSA) is 52.3 Å². The molecule has 0 fully saturated rings. The zero-order chi connectivity index (χ0) is 14.3. The number of benzene rings is 2. The molecule has 0 radical (unpaired) electrons. The number of nitrogens with two attached hydrogens (primary N) is 1. The van der Waals surface area contributed by atoms with Gasteiger partial charge in [-0.25, -0.2) is 9.18 Å². The van der Waals surface area contributed by atoms with E-state index in [2.05, 4.69) is 0 Å². The average Bonchev–Trinajstić information content (AvgIpc) is 2.70. The third-order valence-electron chi connectivity index (χ3n) is 3.61. The summed E-state index contributed by atoms with van der Waals surface area (Å²) in [7, 11) is 0. The average molecular weight is 271 g/mol. The summed E-state index contributed by atoms with van der Waals surface area (Å²) in [5.41, 5.74) is 9.34. The van der Waals surface area contributed by atoms with Crippen molar-refractivity contribution >= 4 is 11.7 Å². The third kappa shape index (κ3) is 2.13. The Morgan fingerprint density at radius 3 is 2.85 bits per heavy atom. The molecule has 0 saturated heterocycles. The molecular weight excluding hydrogens is 257 g/mol. The van der Waals surface area contributed by atoms with Crippen LogP contribution in [0.4, 0.5) is 10.1 Å². The molecule has 0 spiro atoms. The lowest BCUT2D eigenvalue weighted by Gasteiger charge is -2.13. The quantitative estimate of drug-likeness (QED) is 0.674. The lowest BCUT2D eigenvalue weighted by molar-refractivity contribution is 0.0386. The van der Waals surface area contributed by atoms with Crippen molar-refractivity contribution in [1.29, 1.82) is 0 Å². The molecule has 0 bridgehead atoms. The van der Waals surface area contributed by atoms with E-state index in [1.807, 2.05) is 6.92 Å². The molecule has 20 heavy (non-hydrogen) atoms. The van der Waals surface area contributed by atoms with Crippen LogP contribution in [0.25, 0.3) is 0 Å². The summed E-state index contributed by atoms with van der Waals surface area (Å²) < 4.78 is 18.7. The van der Waals surface area contributed by atoms with Crippen LogP contribution in [-0.4, -0.2) is 5.97 Å². The summed E-state index contributed by atoms with van der Waals surface area (Å²) >= 11 is 0. The Bertz CT molecular complexity index is 697. The number of hydrogen-bond acceptors (Lipinski definition) is 3. The smallest absolute Gasteiger partial charge is 0.339 e. The number of halogens is 1. The molecule has 0 aromatic heterocycles. The number of rotatable bonds is 2. The molecule has 0 saturated carbocycles. The fourth-order valence-electron chi connectivity index (χ4n) is 2.50. The second kappa shape index (κ2) is 4.63. The second-order valence-electron chi connectivity index (χ2n) is 5.02. The normalized spacial score (nSPS) is 16.9. The van der Waals surface area contributed by atoms with Crippen molar-refractivity contribution in [3.8, 4) is 0 Å². The van der Waals surface area contributed by atoms with Crippen molar-refractivity contribution in [1.82, 2.24) is 0 Å². The molecule has 102 valence electrons. The maximum absolute atomic E-state index is 13.3. The van der Waals surface area contributed by atoms with Crippen LogP contribution in [0.5, 0.6) is 0 Å². The van der Waals surface area contributed by atoms with Gasteiger partial charge in [0.25, 0.3) is 0 Å². The van der Waals surface area contributed by atoms with Crippen LogP contribution in [0.1, 0.15) is 33.2 Å². The Kier molecular flexibility index (Phi) is 2.93. The standard InChI is InChI=1S/C16H14FNO2/c1-9-2-3-11(17)6-10(9)7-15-13-5-4-12(18)8-14(13)16(19)20-15/h2-6,8,15H,7,18H2,1H3. The molecule has 1 aliphatic rings. The van der Waals surface area contributed by atoms with Gasteiger partial charge in [-0.2, -0.15) is 0 Å². The largest absolute Gasteiger partial charge is 0.454 e. The summed E-state index contributed by atoms with van der Waals surface area (Å²) in [6.45, 7) is 1.91. The summed E-state index contributed by atoms with van der Waals surface area (Å²) in [4.78, 5) is 11.8. The molecule has 0 amide bonds. The number of esters is 1. The van der Waals surface area contributed by atoms with E-state index in [1.54, 1.807) is 24.3 Å². The van der Waals surface area contributed by atoms with Crippen molar-refractivity contribution in [2.75, 3.05) is 5.73 Å². The Balaban J connectivity index is 1.94. The summed E-state index contributed by atoms with van der Waals surface area (Å²) in [6.07, 6.45) is 0.0882. The fraction of sp³-hybridized carbons (Fsp3) is 0.188. The van der Waals surface area contributed by atoms with Gasteiger partial charge in [0.1, 0.15) is 11.9 Å². The number of carbonyl (C=O) groups is 1. The molecule has 2 aromatic rings. The fourth-order valence-corrected chi connectivity index (χ4v) is 2.50. The molecule has 1 heterocycles. The molecule has 2 aromatic carbocycles. The first-order valence-electron chi connectivity index (χ1n) is 6.40. The van der Waals surface area contributed by atoms with Gasteiger partial charge in [0.05, 0.1) is 5.56 Å². The van der Waals surface area contributed by atoms with E-state index in [1.165, 1.54) is 12.1 Å². The first-order chi connectivity index (χ1) is 9.54. The number of cyclic esters (lactones) is 1. The number of nitrogen functional groups attached to an aromatic ring is 1. The number of anilines is 1. The molecule has 1 aliphatic heterocycles. The molecule has 2 N–H and O–H groups in total. The second-order valence-corrected chi connectivity index (χ2v) is 5.02. The highest BCUT2D eigenvalue weighted by molar-refractivity contribution is 5.95. The lowest BCUT2D eigenvalue weighted by atomic mass is 9.96. The van der Waals surface area contributed by atoms with Crippen molar-refractivity contribution in [3.05, 3.63) is 64.5 Å². The molecule has 1 unspecified atom stereocenters.